The highest BCUT2D eigenvalue weighted by molar-refractivity contribution is 5.70. The van der Waals surface area contributed by atoms with Gasteiger partial charge in [0.1, 0.15) is 0 Å². The van der Waals surface area contributed by atoms with Crippen molar-refractivity contribution < 1.29 is 0 Å². The minimum Gasteiger partial charge on any atom is -0.0836 e. The summed E-state index contributed by atoms with van der Waals surface area (Å²) in [5.41, 5.74) is 6.79. The Hall–Kier alpha value is -1.82. The quantitative estimate of drug-likeness (QED) is 0.657. The summed E-state index contributed by atoms with van der Waals surface area (Å²) in [5, 5.41) is 0. The van der Waals surface area contributed by atoms with Crippen LogP contribution < -0.4 is 0 Å². The summed E-state index contributed by atoms with van der Waals surface area (Å²) in [6, 6.07) is 15.6. The van der Waals surface area contributed by atoms with Gasteiger partial charge in [0, 0.05) is 0 Å². The summed E-state index contributed by atoms with van der Waals surface area (Å²) in [6.07, 6.45) is 6.87. The van der Waals surface area contributed by atoms with Gasteiger partial charge in [-0.1, -0.05) is 54.1 Å². The third kappa shape index (κ3) is 2.03. The molecule has 0 heteroatoms. The van der Waals surface area contributed by atoms with Gasteiger partial charge in [-0.25, -0.2) is 0 Å². The molecule has 0 N–H and O–H groups in total. The SMILES string of the molecule is Cc1ccc(-c2ccc3c(c2)C=CCC3)cc1. The van der Waals surface area contributed by atoms with E-state index < -0.39 is 0 Å². The molecule has 0 nitrogen and oxygen atoms in total. The number of aryl methyl sites for hydroxylation is 2. The van der Waals surface area contributed by atoms with E-state index in [0.717, 1.165) is 0 Å². The van der Waals surface area contributed by atoms with E-state index in [1.54, 1.807) is 0 Å². The van der Waals surface area contributed by atoms with Crippen molar-refractivity contribution in [3.8, 4) is 11.1 Å². The van der Waals surface area contributed by atoms with Crippen LogP contribution in [0.4, 0.5) is 0 Å². The zero-order valence-corrected chi connectivity index (χ0v) is 10.1. The molecule has 17 heavy (non-hydrogen) atoms. The van der Waals surface area contributed by atoms with Crippen molar-refractivity contribution in [2.45, 2.75) is 19.8 Å². The van der Waals surface area contributed by atoms with E-state index >= 15 is 0 Å². The lowest BCUT2D eigenvalue weighted by atomic mass is 9.93. The molecular formula is C17H16. The first-order valence-electron chi connectivity index (χ1n) is 6.19. The molecule has 0 atom stereocenters. The average molecular weight is 220 g/mol. The van der Waals surface area contributed by atoms with Crippen LogP contribution in [0.25, 0.3) is 17.2 Å². The molecule has 0 bridgehead atoms. The Kier molecular flexibility index (Phi) is 2.56. The summed E-state index contributed by atoms with van der Waals surface area (Å²) >= 11 is 0. The van der Waals surface area contributed by atoms with Crippen LogP contribution >= 0.6 is 0 Å². The second-order valence-electron chi connectivity index (χ2n) is 4.72. The van der Waals surface area contributed by atoms with Crippen molar-refractivity contribution in [1.82, 2.24) is 0 Å². The fourth-order valence-corrected chi connectivity index (χ4v) is 2.35. The van der Waals surface area contributed by atoms with Crippen molar-refractivity contribution in [2.75, 3.05) is 0 Å². The van der Waals surface area contributed by atoms with Crippen molar-refractivity contribution in [1.29, 1.82) is 0 Å². The fraction of sp³-hybridized carbons (Fsp3) is 0.176. The molecule has 0 aliphatic heterocycles. The number of rotatable bonds is 1. The van der Waals surface area contributed by atoms with Gasteiger partial charge in [-0.3, -0.25) is 0 Å². The number of hydrogen-bond donors (Lipinski definition) is 0. The number of fused-ring (bicyclic) bond motifs is 1. The number of hydrogen-bond acceptors (Lipinski definition) is 0. The normalized spacial score (nSPS) is 13.5. The molecule has 0 saturated carbocycles. The Morgan fingerprint density at radius 3 is 2.47 bits per heavy atom. The second kappa shape index (κ2) is 4.21. The minimum atomic E-state index is 1.18. The molecule has 0 radical (unpaired) electrons. The van der Waals surface area contributed by atoms with Gasteiger partial charge in [-0.15, -0.1) is 0 Å². The van der Waals surface area contributed by atoms with Crippen LogP contribution in [-0.4, -0.2) is 0 Å². The molecule has 0 spiro atoms. The molecule has 0 fully saturated rings. The molecule has 0 saturated heterocycles. The maximum atomic E-state index is 2.30. The van der Waals surface area contributed by atoms with Crippen molar-refractivity contribution in [3.05, 3.63) is 65.2 Å². The molecular weight excluding hydrogens is 204 g/mol. The Morgan fingerprint density at radius 2 is 1.65 bits per heavy atom. The molecule has 1 aliphatic rings. The van der Waals surface area contributed by atoms with Gasteiger partial charge < -0.3 is 0 Å². The van der Waals surface area contributed by atoms with Crippen LogP contribution in [0.2, 0.25) is 0 Å². The van der Waals surface area contributed by atoms with E-state index in [9.17, 15) is 0 Å². The molecule has 3 rings (SSSR count). The maximum absolute atomic E-state index is 2.30. The molecule has 2 aromatic carbocycles. The third-order valence-electron chi connectivity index (χ3n) is 3.41. The predicted molar refractivity (Wildman–Crippen MR) is 74.0 cm³/mol. The monoisotopic (exact) mass is 220 g/mol. The predicted octanol–water partition coefficient (Wildman–Crippen LogP) is 4.62. The topological polar surface area (TPSA) is 0 Å². The molecule has 0 amide bonds. The summed E-state index contributed by atoms with van der Waals surface area (Å²) in [7, 11) is 0. The van der Waals surface area contributed by atoms with E-state index in [1.165, 1.54) is 40.7 Å². The third-order valence-corrected chi connectivity index (χ3v) is 3.41. The van der Waals surface area contributed by atoms with Crippen molar-refractivity contribution in [3.63, 3.8) is 0 Å². The summed E-state index contributed by atoms with van der Waals surface area (Å²) in [5.74, 6) is 0. The Morgan fingerprint density at radius 1 is 0.882 bits per heavy atom. The van der Waals surface area contributed by atoms with E-state index in [-0.39, 0.29) is 0 Å². The smallest absolute Gasteiger partial charge is 0.0178 e. The number of allylic oxidation sites excluding steroid dienone is 1. The van der Waals surface area contributed by atoms with E-state index in [2.05, 4.69) is 61.5 Å². The highest BCUT2D eigenvalue weighted by atomic mass is 14.1. The maximum Gasteiger partial charge on any atom is -0.0178 e. The van der Waals surface area contributed by atoms with Gasteiger partial charge in [-0.05, 0) is 48.1 Å². The van der Waals surface area contributed by atoms with Crippen LogP contribution in [0.15, 0.2) is 48.5 Å². The lowest BCUT2D eigenvalue weighted by Gasteiger charge is -2.12. The Labute approximate surface area is 103 Å². The molecule has 1 aliphatic carbocycles. The zero-order valence-electron chi connectivity index (χ0n) is 10.1. The van der Waals surface area contributed by atoms with E-state index in [1.807, 2.05) is 0 Å². The van der Waals surface area contributed by atoms with E-state index in [0.29, 0.717) is 0 Å². The lowest BCUT2D eigenvalue weighted by Crippen LogP contribution is -1.94. The Bertz CT molecular complexity index is 559. The largest absolute Gasteiger partial charge is 0.0836 e. The van der Waals surface area contributed by atoms with Gasteiger partial charge in [0.05, 0.1) is 0 Å². The summed E-state index contributed by atoms with van der Waals surface area (Å²) < 4.78 is 0. The van der Waals surface area contributed by atoms with Gasteiger partial charge in [0.25, 0.3) is 0 Å². The molecule has 84 valence electrons. The average Bonchev–Trinajstić information content (AvgIpc) is 2.39. The summed E-state index contributed by atoms with van der Waals surface area (Å²) in [6.45, 7) is 2.12. The van der Waals surface area contributed by atoms with Crippen molar-refractivity contribution in [2.24, 2.45) is 0 Å². The highest BCUT2D eigenvalue weighted by Crippen LogP contribution is 2.26. The number of benzene rings is 2. The van der Waals surface area contributed by atoms with Crippen molar-refractivity contribution >= 4 is 6.08 Å². The summed E-state index contributed by atoms with van der Waals surface area (Å²) in [4.78, 5) is 0. The van der Waals surface area contributed by atoms with Crippen LogP contribution in [-0.2, 0) is 6.42 Å². The highest BCUT2D eigenvalue weighted by Gasteiger charge is 2.05. The molecule has 0 aromatic heterocycles. The zero-order chi connectivity index (χ0) is 11.7. The minimum absolute atomic E-state index is 1.18. The fourth-order valence-electron chi connectivity index (χ4n) is 2.35. The van der Waals surface area contributed by atoms with Crippen LogP contribution in [0, 0.1) is 6.92 Å². The second-order valence-corrected chi connectivity index (χ2v) is 4.72. The van der Waals surface area contributed by atoms with Crippen LogP contribution in [0.3, 0.4) is 0 Å². The molecule has 0 unspecified atom stereocenters. The first-order valence-corrected chi connectivity index (χ1v) is 6.19. The first-order chi connectivity index (χ1) is 8.33. The first kappa shape index (κ1) is 10.3. The Balaban J connectivity index is 2.05. The molecule has 2 aromatic rings. The van der Waals surface area contributed by atoms with Gasteiger partial charge >= 0.3 is 0 Å². The lowest BCUT2D eigenvalue weighted by molar-refractivity contribution is 0.986. The molecule has 0 heterocycles. The standard InChI is InChI=1S/C17H16/c1-13-6-8-15(9-7-13)17-11-10-14-4-2-3-5-16(14)12-17/h3,5-12H,2,4H2,1H3. The van der Waals surface area contributed by atoms with Gasteiger partial charge in [0.2, 0.25) is 0 Å². The van der Waals surface area contributed by atoms with Gasteiger partial charge in [0.15, 0.2) is 0 Å². The van der Waals surface area contributed by atoms with Crippen LogP contribution in [0.1, 0.15) is 23.1 Å². The van der Waals surface area contributed by atoms with E-state index in [4.69, 9.17) is 0 Å². The van der Waals surface area contributed by atoms with Gasteiger partial charge in [-0.2, -0.15) is 0 Å². The van der Waals surface area contributed by atoms with Crippen LogP contribution in [0.5, 0.6) is 0 Å².